The third kappa shape index (κ3) is 3.55. The zero-order valence-electron chi connectivity index (χ0n) is 10.4. The molecule has 0 unspecified atom stereocenters. The third-order valence-electron chi connectivity index (χ3n) is 2.47. The molecule has 0 aliphatic carbocycles. The van der Waals surface area contributed by atoms with Crippen molar-refractivity contribution in [1.29, 1.82) is 0 Å². The molecule has 8 heteroatoms. The number of anilines is 1. The Kier molecular flexibility index (Phi) is 4.36. The number of ketones is 1. The molecule has 0 bridgehead atoms. The van der Waals surface area contributed by atoms with Crippen LogP contribution >= 0.6 is 23.2 Å². The predicted molar refractivity (Wildman–Crippen MR) is 75.1 cm³/mol. The van der Waals surface area contributed by atoms with Crippen LogP contribution in [-0.2, 0) is 11.3 Å². The summed E-state index contributed by atoms with van der Waals surface area (Å²) >= 11 is 11.3. The van der Waals surface area contributed by atoms with E-state index in [1.54, 1.807) is 24.3 Å². The molecule has 104 valence electrons. The second kappa shape index (κ2) is 6.02. The van der Waals surface area contributed by atoms with E-state index in [0.29, 0.717) is 11.3 Å². The van der Waals surface area contributed by atoms with Gasteiger partial charge in [0.2, 0.25) is 16.5 Å². The molecular weight excluding hydrogens is 303 g/mol. The summed E-state index contributed by atoms with van der Waals surface area (Å²) in [4.78, 5) is 26.6. The van der Waals surface area contributed by atoms with Crippen LogP contribution in [0.5, 0.6) is 0 Å². The van der Waals surface area contributed by atoms with E-state index in [1.807, 2.05) is 0 Å². The van der Waals surface area contributed by atoms with Crippen LogP contribution in [-0.4, -0.2) is 26.5 Å². The SMILES string of the molecule is CC(=O)c1ccc(NC(=O)Cn2nc(Cl)nc2Cl)cc1. The number of nitrogens with zero attached hydrogens (tertiary/aromatic N) is 3. The van der Waals surface area contributed by atoms with Crippen molar-refractivity contribution in [2.75, 3.05) is 5.32 Å². The number of hydrogen-bond acceptors (Lipinski definition) is 4. The van der Waals surface area contributed by atoms with E-state index >= 15 is 0 Å². The molecule has 1 aromatic carbocycles. The van der Waals surface area contributed by atoms with E-state index in [1.165, 1.54) is 11.6 Å². The fraction of sp³-hybridized carbons (Fsp3) is 0.167. The van der Waals surface area contributed by atoms with Gasteiger partial charge in [-0.15, -0.1) is 5.10 Å². The molecule has 0 saturated heterocycles. The van der Waals surface area contributed by atoms with E-state index in [0.717, 1.165) is 0 Å². The number of carbonyl (C=O) groups is 2. The Balaban J connectivity index is 2.01. The summed E-state index contributed by atoms with van der Waals surface area (Å²) < 4.78 is 1.18. The highest BCUT2D eigenvalue weighted by atomic mass is 35.5. The van der Waals surface area contributed by atoms with Gasteiger partial charge in [-0.25, -0.2) is 4.68 Å². The number of aromatic nitrogens is 3. The molecule has 0 spiro atoms. The van der Waals surface area contributed by atoms with Gasteiger partial charge in [0.25, 0.3) is 0 Å². The highest BCUT2D eigenvalue weighted by Gasteiger charge is 2.10. The van der Waals surface area contributed by atoms with Gasteiger partial charge in [-0.05, 0) is 54.4 Å². The lowest BCUT2D eigenvalue weighted by atomic mass is 10.1. The Morgan fingerprint density at radius 1 is 1.25 bits per heavy atom. The first-order valence-corrected chi connectivity index (χ1v) is 6.38. The van der Waals surface area contributed by atoms with Crippen molar-refractivity contribution >= 4 is 40.6 Å². The third-order valence-corrected chi connectivity index (χ3v) is 2.91. The largest absolute Gasteiger partial charge is 0.324 e. The summed E-state index contributed by atoms with van der Waals surface area (Å²) in [5.74, 6) is -0.365. The maximum Gasteiger partial charge on any atom is 0.246 e. The van der Waals surface area contributed by atoms with Gasteiger partial charge >= 0.3 is 0 Å². The number of halogens is 2. The topological polar surface area (TPSA) is 76.9 Å². The number of hydrogen-bond donors (Lipinski definition) is 1. The van der Waals surface area contributed by atoms with Crippen LogP contribution in [0.15, 0.2) is 24.3 Å². The van der Waals surface area contributed by atoms with Gasteiger partial charge in [0.05, 0.1) is 0 Å². The zero-order valence-corrected chi connectivity index (χ0v) is 11.9. The fourth-order valence-electron chi connectivity index (χ4n) is 1.52. The average molecular weight is 313 g/mol. The van der Waals surface area contributed by atoms with Crippen molar-refractivity contribution < 1.29 is 9.59 Å². The lowest BCUT2D eigenvalue weighted by molar-refractivity contribution is -0.116. The molecule has 0 fully saturated rings. The van der Waals surface area contributed by atoms with Crippen molar-refractivity contribution in [2.24, 2.45) is 0 Å². The number of nitrogens with one attached hydrogen (secondary N) is 1. The predicted octanol–water partition coefficient (Wildman–Crippen LogP) is 2.43. The van der Waals surface area contributed by atoms with Crippen molar-refractivity contribution in [1.82, 2.24) is 14.8 Å². The van der Waals surface area contributed by atoms with Gasteiger partial charge in [0, 0.05) is 11.3 Å². The highest BCUT2D eigenvalue weighted by Crippen LogP contribution is 2.12. The molecule has 0 aliphatic heterocycles. The van der Waals surface area contributed by atoms with Gasteiger partial charge in [-0.2, -0.15) is 4.98 Å². The molecule has 6 nitrogen and oxygen atoms in total. The van der Waals surface area contributed by atoms with Crippen LogP contribution in [0, 0.1) is 0 Å². The Morgan fingerprint density at radius 3 is 2.40 bits per heavy atom. The molecule has 0 atom stereocenters. The lowest BCUT2D eigenvalue weighted by Gasteiger charge is -2.06. The summed E-state index contributed by atoms with van der Waals surface area (Å²) in [7, 11) is 0. The van der Waals surface area contributed by atoms with Crippen LogP contribution in [0.25, 0.3) is 0 Å². The molecule has 2 rings (SSSR count). The molecule has 0 aliphatic rings. The first kappa shape index (κ1) is 14.5. The first-order valence-electron chi connectivity index (χ1n) is 5.62. The normalized spacial score (nSPS) is 10.3. The minimum atomic E-state index is -0.330. The van der Waals surface area contributed by atoms with Crippen LogP contribution in [0.1, 0.15) is 17.3 Å². The fourth-order valence-corrected chi connectivity index (χ4v) is 1.91. The molecule has 1 aromatic heterocycles. The van der Waals surface area contributed by atoms with E-state index in [-0.39, 0.29) is 28.8 Å². The van der Waals surface area contributed by atoms with E-state index < -0.39 is 0 Å². The van der Waals surface area contributed by atoms with E-state index in [9.17, 15) is 9.59 Å². The van der Waals surface area contributed by atoms with Gasteiger partial charge < -0.3 is 5.32 Å². The van der Waals surface area contributed by atoms with Crippen LogP contribution < -0.4 is 5.32 Å². The molecular formula is C12H10Cl2N4O2. The van der Waals surface area contributed by atoms with E-state index in [4.69, 9.17) is 23.2 Å². The maximum atomic E-state index is 11.8. The van der Waals surface area contributed by atoms with Gasteiger partial charge in [-0.1, -0.05) is 0 Å². The number of amides is 1. The van der Waals surface area contributed by atoms with Crippen molar-refractivity contribution in [3.8, 4) is 0 Å². The van der Waals surface area contributed by atoms with Gasteiger partial charge in [0.15, 0.2) is 5.78 Å². The monoisotopic (exact) mass is 312 g/mol. The Bertz CT molecular complexity index is 652. The molecule has 20 heavy (non-hydrogen) atoms. The summed E-state index contributed by atoms with van der Waals surface area (Å²) in [6, 6.07) is 6.56. The van der Waals surface area contributed by atoms with Crippen LogP contribution in [0.4, 0.5) is 5.69 Å². The Hall–Kier alpha value is -1.92. The Morgan fingerprint density at radius 2 is 1.90 bits per heavy atom. The number of benzene rings is 1. The van der Waals surface area contributed by atoms with Crippen molar-refractivity contribution in [3.05, 3.63) is 40.4 Å². The molecule has 1 heterocycles. The van der Waals surface area contributed by atoms with Gasteiger partial charge in [0.1, 0.15) is 6.54 Å². The summed E-state index contributed by atoms with van der Waals surface area (Å²) in [5, 5.41) is 6.43. The van der Waals surface area contributed by atoms with Crippen molar-refractivity contribution in [2.45, 2.75) is 13.5 Å². The molecule has 0 saturated carbocycles. The molecule has 0 radical (unpaired) electrons. The minimum Gasteiger partial charge on any atom is -0.324 e. The smallest absolute Gasteiger partial charge is 0.246 e. The van der Waals surface area contributed by atoms with Crippen LogP contribution in [0.2, 0.25) is 10.6 Å². The maximum absolute atomic E-state index is 11.8. The summed E-state index contributed by atoms with van der Waals surface area (Å²) in [6.07, 6.45) is 0. The number of carbonyl (C=O) groups excluding carboxylic acids is 2. The lowest BCUT2D eigenvalue weighted by Crippen LogP contribution is -2.19. The van der Waals surface area contributed by atoms with Gasteiger partial charge in [-0.3, -0.25) is 9.59 Å². The standard InChI is InChI=1S/C12H10Cl2N4O2/c1-7(19)8-2-4-9(5-3-8)15-10(20)6-18-12(14)16-11(13)17-18/h2-5H,6H2,1H3,(H,15,20). The summed E-state index contributed by atoms with van der Waals surface area (Å²) in [5.41, 5.74) is 1.15. The molecule has 1 N–H and O–H groups in total. The first-order chi connectivity index (χ1) is 9.45. The second-order valence-corrected chi connectivity index (χ2v) is 4.67. The Labute approximate surface area is 124 Å². The summed E-state index contributed by atoms with van der Waals surface area (Å²) in [6.45, 7) is 1.37. The molecule has 2 aromatic rings. The van der Waals surface area contributed by atoms with Crippen molar-refractivity contribution in [3.63, 3.8) is 0 Å². The average Bonchev–Trinajstić information content (AvgIpc) is 2.68. The zero-order chi connectivity index (χ0) is 14.7. The van der Waals surface area contributed by atoms with Crippen LogP contribution in [0.3, 0.4) is 0 Å². The minimum absolute atomic E-state index is 0.0198. The highest BCUT2D eigenvalue weighted by molar-refractivity contribution is 6.31. The number of Topliss-reactive ketones (excluding diaryl/α,β-unsaturated/α-hetero) is 1. The van der Waals surface area contributed by atoms with E-state index in [2.05, 4.69) is 15.4 Å². The number of rotatable bonds is 4. The molecule has 1 amide bonds. The quantitative estimate of drug-likeness (QED) is 0.880. The second-order valence-electron chi connectivity index (χ2n) is 3.99.